The lowest BCUT2D eigenvalue weighted by molar-refractivity contribution is 0.0284. The highest BCUT2D eigenvalue weighted by molar-refractivity contribution is 6.10. The van der Waals surface area contributed by atoms with Crippen LogP contribution in [0.2, 0.25) is 0 Å². The Kier molecular flexibility index (Phi) is 6.32. The van der Waals surface area contributed by atoms with E-state index in [-0.39, 0.29) is 6.10 Å². The zero-order valence-corrected chi connectivity index (χ0v) is 20.0. The molecule has 0 heterocycles. The first-order chi connectivity index (χ1) is 17.4. The van der Waals surface area contributed by atoms with Gasteiger partial charge in [0.15, 0.2) is 0 Å². The molecular weight excluding hydrogens is 428 g/mol. The molecule has 5 aromatic carbocycles. The van der Waals surface area contributed by atoms with Gasteiger partial charge in [0, 0.05) is 0 Å². The van der Waals surface area contributed by atoms with E-state index in [0.717, 1.165) is 19.3 Å². The highest BCUT2D eigenvalue weighted by Crippen LogP contribution is 2.40. The highest BCUT2D eigenvalue weighted by Gasteiger charge is 2.23. The van der Waals surface area contributed by atoms with Crippen LogP contribution in [-0.4, -0.2) is 0 Å². The van der Waals surface area contributed by atoms with E-state index >= 15 is 0 Å². The summed E-state index contributed by atoms with van der Waals surface area (Å²) in [7, 11) is 0. The van der Waals surface area contributed by atoms with E-state index in [1.165, 1.54) is 49.4 Å². The maximum absolute atomic E-state index is 6.45. The van der Waals surface area contributed by atoms with E-state index in [1.807, 2.05) is 6.07 Å². The molecule has 1 aliphatic rings. The van der Waals surface area contributed by atoms with Crippen molar-refractivity contribution in [2.45, 2.75) is 45.2 Å². The van der Waals surface area contributed by atoms with Crippen molar-refractivity contribution in [2.24, 2.45) is 0 Å². The quantitative estimate of drug-likeness (QED) is 0.228. The van der Waals surface area contributed by atoms with Gasteiger partial charge in [0.1, 0.15) is 0 Å². The molecule has 0 saturated carbocycles. The molecule has 0 fully saturated rings. The summed E-state index contributed by atoms with van der Waals surface area (Å²) in [6.45, 7) is 1.87. The van der Waals surface area contributed by atoms with Crippen LogP contribution in [0.25, 0.3) is 21.5 Å². The molecule has 0 amide bonds. The van der Waals surface area contributed by atoms with Crippen molar-refractivity contribution in [3.05, 3.63) is 131 Å². The number of rotatable bonds is 7. The highest BCUT2D eigenvalue weighted by atomic mass is 16.5. The Morgan fingerprint density at radius 3 is 2.03 bits per heavy atom. The maximum Gasteiger partial charge on any atom is 0.0832 e. The fraction of sp³-hybridized carbons (Fsp3) is 0.212. The fourth-order valence-corrected chi connectivity index (χ4v) is 5.45. The lowest BCUT2D eigenvalue weighted by Gasteiger charge is -2.27. The molecule has 1 atom stereocenters. The molecule has 0 spiro atoms. The van der Waals surface area contributed by atoms with Crippen molar-refractivity contribution < 1.29 is 9.47 Å². The number of ether oxygens (including phenoxy) is 2. The van der Waals surface area contributed by atoms with Gasteiger partial charge in [0.25, 0.3) is 0 Å². The molecule has 0 aromatic heterocycles. The lowest BCUT2D eigenvalue weighted by atomic mass is 9.84. The SMILES string of the molecule is c1ccc(COCc2cc3c4c(ccc3c3ccccc23)C(OCc2ccccc2)CCC4)cc1. The van der Waals surface area contributed by atoms with Gasteiger partial charge in [-0.05, 0) is 74.7 Å². The summed E-state index contributed by atoms with van der Waals surface area (Å²) in [4.78, 5) is 0. The summed E-state index contributed by atoms with van der Waals surface area (Å²) in [5.41, 5.74) is 6.48. The number of hydrogen-bond acceptors (Lipinski definition) is 2. The van der Waals surface area contributed by atoms with E-state index in [2.05, 4.69) is 97.1 Å². The minimum Gasteiger partial charge on any atom is -0.372 e. The normalized spacial score (nSPS) is 15.4. The van der Waals surface area contributed by atoms with Gasteiger partial charge in [0.05, 0.1) is 25.9 Å². The van der Waals surface area contributed by atoms with Gasteiger partial charge < -0.3 is 9.47 Å². The minimum atomic E-state index is 0.146. The van der Waals surface area contributed by atoms with Crippen LogP contribution in [0.5, 0.6) is 0 Å². The Morgan fingerprint density at radius 1 is 0.600 bits per heavy atom. The first-order valence-corrected chi connectivity index (χ1v) is 12.6. The van der Waals surface area contributed by atoms with Crippen LogP contribution in [0.15, 0.2) is 103 Å². The Balaban J connectivity index is 1.34. The van der Waals surface area contributed by atoms with Crippen LogP contribution >= 0.6 is 0 Å². The topological polar surface area (TPSA) is 18.5 Å². The Labute approximate surface area is 207 Å². The standard InChI is InChI=1S/C33H30O2/c1-3-10-24(11-4-1)21-34-23-26-20-32-29-16-9-17-33(35-22-25-12-5-2-6-13-25)31(29)19-18-30(32)28-15-8-7-14-27(26)28/h1-8,10-15,18-20,33H,9,16-17,21-23H2. The van der Waals surface area contributed by atoms with Crippen molar-refractivity contribution in [1.82, 2.24) is 0 Å². The van der Waals surface area contributed by atoms with E-state index in [1.54, 1.807) is 0 Å². The van der Waals surface area contributed by atoms with E-state index in [0.29, 0.717) is 19.8 Å². The molecule has 1 unspecified atom stereocenters. The molecule has 0 N–H and O–H groups in total. The predicted molar refractivity (Wildman–Crippen MR) is 143 cm³/mol. The largest absolute Gasteiger partial charge is 0.372 e. The first kappa shape index (κ1) is 22.0. The van der Waals surface area contributed by atoms with Crippen molar-refractivity contribution in [3.63, 3.8) is 0 Å². The van der Waals surface area contributed by atoms with Crippen molar-refractivity contribution in [1.29, 1.82) is 0 Å². The van der Waals surface area contributed by atoms with Gasteiger partial charge in [-0.2, -0.15) is 0 Å². The summed E-state index contributed by atoms with van der Waals surface area (Å²) in [5.74, 6) is 0. The van der Waals surface area contributed by atoms with Crippen molar-refractivity contribution in [3.8, 4) is 0 Å². The monoisotopic (exact) mass is 458 g/mol. The maximum atomic E-state index is 6.45. The van der Waals surface area contributed by atoms with Gasteiger partial charge in [-0.1, -0.05) is 97.1 Å². The van der Waals surface area contributed by atoms with Crippen molar-refractivity contribution in [2.75, 3.05) is 0 Å². The third-order valence-corrected chi connectivity index (χ3v) is 7.18. The van der Waals surface area contributed by atoms with Crippen LogP contribution in [0.1, 0.15) is 46.8 Å². The Bertz CT molecular complexity index is 1440. The van der Waals surface area contributed by atoms with Crippen molar-refractivity contribution >= 4 is 21.5 Å². The molecule has 0 aliphatic heterocycles. The molecule has 2 heteroatoms. The molecular formula is C33H30O2. The average Bonchev–Trinajstić information content (AvgIpc) is 2.93. The molecule has 6 rings (SSSR count). The second-order valence-corrected chi connectivity index (χ2v) is 9.47. The molecule has 0 bridgehead atoms. The summed E-state index contributed by atoms with van der Waals surface area (Å²) >= 11 is 0. The molecule has 174 valence electrons. The predicted octanol–water partition coefficient (Wildman–Crippen LogP) is 8.30. The number of benzene rings is 5. The lowest BCUT2D eigenvalue weighted by Crippen LogP contribution is -2.13. The van der Waals surface area contributed by atoms with Crippen LogP contribution in [0.4, 0.5) is 0 Å². The first-order valence-electron chi connectivity index (χ1n) is 12.6. The Morgan fingerprint density at radius 2 is 1.26 bits per heavy atom. The average molecular weight is 459 g/mol. The van der Waals surface area contributed by atoms with Gasteiger partial charge in [0.2, 0.25) is 0 Å². The number of hydrogen-bond donors (Lipinski definition) is 0. The van der Waals surface area contributed by atoms with Gasteiger partial charge in [-0.3, -0.25) is 0 Å². The van der Waals surface area contributed by atoms with Gasteiger partial charge >= 0.3 is 0 Å². The Hall–Kier alpha value is -3.46. The molecule has 0 saturated heterocycles. The number of aryl methyl sites for hydroxylation is 1. The van der Waals surface area contributed by atoms with Crippen LogP contribution in [-0.2, 0) is 35.7 Å². The number of fused-ring (bicyclic) bond motifs is 5. The van der Waals surface area contributed by atoms with Gasteiger partial charge in [-0.15, -0.1) is 0 Å². The fourth-order valence-electron chi connectivity index (χ4n) is 5.45. The zero-order chi connectivity index (χ0) is 23.5. The molecule has 0 radical (unpaired) electrons. The summed E-state index contributed by atoms with van der Waals surface area (Å²) in [6.07, 6.45) is 3.47. The third-order valence-electron chi connectivity index (χ3n) is 7.18. The molecule has 2 nitrogen and oxygen atoms in total. The van der Waals surface area contributed by atoms with Crippen LogP contribution < -0.4 is 0 Å². The van der Waals surface area contributed by atoms with E-state index in [9.17, 15) is 0 Å². The molecule has 5 aromatic rings. The third kappa shape index (κ3) is 4.60. The molecule has 35 heavy (non-hydrogen) atoms. The smallest absolute Gasteiger partial charge is 0.0832 e. The molecule has 1 aliphatic carbocycles. The summed E-state index contributed by atoms with van der Waals surface area (Å²) in [5, 5.41) is 5.27. The zero-order valence-electron chi connectivity index (χ0n) is 20.0. The summed E-state index contributed by atoms with van der Waals surface area (Å²) < 4.78 is 12.6. The minimum absolute atomic E-state index is 0.146. The van der Waals surface area contributed by atoms with Crippen LogP contribution in [0.3, 0.4) is 0 Å². The van der Waals surface area contributed by atoms with E-state index in [4.69, 9.17) is 9.47 Å². The van der Waals surface area contributed by atoms with Crippen LogP contribution in [0, 0.1) is 0 Å². The second kappa shape index (κ2) is 10.0. The second-order valence-electron chi connectivity index (χ2n) is 9.47. The van der Waals surface area contributed by atoms with Gasteiger partial charge in [-0.25, -0.2) is 0 Å². The summed E-state index contributed by atoms with van der Waals surface area (Å²) in [6, 6.07) is 36.6. The van der Waals surface area contributed by atoms with E-state index < -0.39 is 0 Å².